The van der Waals surface area contributed by atoms with E-state index in [1.807, 2.05) is 13.8 Å². The number of hydrogen-bond acceptors (Lipinski definition) is 4. The zero-order chi connectivity index (χ0) is 15.9. The Labute approximate surface area is 124 Å². The summed E-state index contributed by atoms with van der Waals surface area (Å²) in [4.78, 5) is 11.6. The molecule has 0 bridgehead atoms. The third-order valence-corrected chi connectivity index (χ3v) is 3.97. The standard InChI is InChI=1S/C13H21N3O4S/c1-10(2)9-14-13(18)16-11-3-5-12(6-4-11)21(19,20)15-7-8-17/h3-6,10,15,17H,7-9H2,1-2H3,(H2,14,16,18). The monoisotopic (exact) mass is 315 g/mol. The number of aliphatic hydroxyl groups is 1. The number of rotatable bonds is 7. The number of aliphatic hydroxyl groups excluding tert-OH is 1. The molecule has 0 heterocycles. The molecule has 0 unspecified atom stereocenters. The zero-order valence-electron chi connectivity index (χ0n) is 12.1. The zero-order valence-corrected chi connectivity index (χ0v) is 12.9. The third kappa shape index (κ3) is 6.11. The first-order valence-corrected chi connectivity index (χ1v) is 8.09. The van der Waals surface area contributed by atoms with Gasteiger partial charge in [0.25, 0.3) is 0 Å². The average Bonchev–Trinajstić information content (AvgIpc) is 2.43. The van der Waals surface area contributed by atoms with Crippen molar-refractivity contribution in [1.82, 2.24) is 10.0 Å². The summed E-state index contributed by atoms with van der Waals surface area (Å²) in [6.45, 7) is 4.22. The third-order valence-electron chi connectivity index (χ3n) is 2.50. The fourth-order valence-corrected chi connectivity index (χ4v) is 2.47. The molecule has 0 aromatic heterocycles. The van der Waals surface area contributed by atoms with Crippen LogP contribution in [0.3, 0.4) is 0 Å². The van der Waals surface area contributed by atoms with E-state index in [1.165, 1.54) is 24.3 Å². The highest BCUT2D eigenvalue weighted by Crippen LogP contribution is 2.13. The fraction of sp³-hybridized carbons (Fsp3) is 0.462. The Hall–Kier alpha value is -1.64. The summed E-state index contributed by atoms with van der Waals surface area (Å²) in [7, 11) is -3.63. The summed E-state index contributed by atoms with van der Waals surface area (Å²) in [6, 6.07) is 5.44. The van der Waals surface area contributed by atoms with Gasteiger partial charge in [-0.15, -0.1) is 0 Å². The van der Waals surface area contributed by atoms with Crippen molar-refractivity contribution >= 4 is 21.7 Å². The minimum atomic E-state index is -3.63. The second kappa shape index (κ2) is 7.96. The first kappa shape index (κ1) is 17.4. The van der Waals surface area contributed by atoms with Crippen molar-refractivity contribution in [2.24, 2.45) is 5.92 Å². The average molecular weight is 315 g/mol. The molecule has 0 saturated heterocycles. The van der Waals surface area contributed by atoms with Crippen LogP contribution in [0, 0.1) is 5.92 Å². The quantitative estimate of drug-likeness (QED) is 0.595. The summed E-state index contributed by atoms with van der Waals surface area (Å²) in [5.41, 5.74) is 0.498. The maximum absolute atomic E-state index is 11.8. The van der Waals surface area contributed by atoms with Crippen molar-refractivity contribution in [3.8, 4) is 0 Å². The van der Waals surface area contributed by atoms with Gasteiger partial charge in [0, 0.05) is 18.8 Å². The molecule has 7 nitrogen and oxygen atoms in total. The largest absolute Gasteiger partial charge is 0.395 e. The molecule has 0 saturated carbocycles. The first-order chi connectivity index (χ1) is 9.85. The smallest absolute Gasteiger partial charge is 0.319 e. The highest BCUT2D eigenvalue weighted by Gasteiger charge is 2.13. The molecule has 0 aliphatic carbocycles. The van der Waals surface area contributed by atoms with Gasteiger partial charge in [-0.05, 0) is 30.2 Å². The lowest BCUT2D eigenvalue weighted by molar-refractivity contribution is 0.251. The Bertz CT molecular complexity index is 555. The van der Waals surface area contributed by atoms with Crippen LogP contribution < -0.4 is 15.4 Å². The molecule has 1 aromatic rings. The number of anilines is 1. The number of benzene rings is 1. The Morgan fingerprint density at radius 2 is 1.86 bits per heavy atom. The summed E-state index contributed by atoms with van der Waals surface area (Å²) < 4.78 is 25.8. The number of amides is 2. The van der Waals surface area contributed by atoms with Gasteiger partial charge in [-0.25, -0.2) is 17.9 Å². The molecule has 0 atom stereocenters. The topological polar surface area (TPSA) is 108 Å². The van der Waals surface area contributed by atoms with Crippen molar-refractivity contribution in [3.05, 3.63) is 24.3 Å². The van der Waals surface area contributed by atoms with Gasteiger partial charge in [-0.1, -0.05) is 13.8 Å². The van der Waals surface area contributed by atoms with Crippen LogP contribution in [0.25, 0.3) is 0 Å². The van der Waals surface area contributed by atoms with E-state index in [4.69, 9.17) is 5.11 Å². The molecule has 2 amide bonds. The second-order valence-corrected chi connectivity index (χ2v) is 6.64. The van der Waals surface area contributed by atoms with Gasteiger partial charge in [0.15, 0.2) is 0 Å². The molecular formula is C13H21N3O4S. The summed E-state index contributed by atoms with van der Waals surface area (Å²) in [5.74, 6) is 0.348. The number of carbonyl (C=O) groups is 1. The van der Waals surface area contributed by atoms with Crippen molar-refractivity contribution in [2.75, 3.05) is 25.0 Å². The van der Waals surface area contributed by atoms with Crippen molar-refractivity contribution in [1.29, 1.82) is 0 Å². The molecule has 1 rings (SSSR count). The summed E-state index contributed by atoms with van der Waals surface area (Å²) in [5, 5.41) is 13.9. The number of nitrogens with one attached hydrogen (secondary N) is 3. The molecule has 8 heteroatoms. The van der Waals surface area contributed by atoms with Crippen LogP contribution in [0.5, 0.6) is 0 Å². The van der Waals surface area contributed by atoms with Gasteiger partial charge in [0.2, 0.25) is 10.0 Å². The number of carbonyl (C=O) groups excluding carboxylic acids is 1. The van der Waals surface area contributed by atoms with E-state index in [0.717, 1.165) is 0 Å². The molecule has 0 aliphatic rings. The lowest BCUT2D eigenvalue weighted by Crippen LogP contribution is -2.31. The number of sulfonamides is 1. The van der Waals surface area contributed by atoms with Crippen LogP contribution in [0.4, 0.5) is 10.5 Å². The molecule has 0 spiro atoms. The molecule has 0 radical (unpaired) electrons. The summed E-state index contributed by atoms with van der Waals surface area (Å²) >= 11 is 0. The van der Waals surface area contributed by atoms with Gasteiger partial charge in [0.05, 0.1) is 11.5 Å². The maximum atomic E-state index is 11.8. The van der Waals surface area contributed by atoms with E-state index in [9.17, 15) is 13.2 Å². The van der Waals surface area contributed by atoms with E-state index < -0.39 is 10.0 Å². The highest BCUT2D eigenvalue weighted by molar-refractivity contribution is 7.89. The molecule has 21 heavy (non-hydrogen) atoms. The molecule has 0 fully saturated rings. The predicted octanol–water partition coefficient (Wildman–Crippen LogP) is 0.735. The number of hydrogen-bond donors (Lipinski definition) is 4. The van der Waals surface area contributed by atoms with Gasteiger partial charge >= 0.3 is 6.03 Å². The molecule has 1 aromatic carbocycles. The Morgan fingerprint density at radius 3 is 2.38 bits per heavy atom. The molecule has 0 aliphatic heterocycles. The second-order valence-electron chi connectivity index (χ2n) is 4.87. The van der Waals surface area contributed by atoms with Crippen molar-refractivity contribution in [3.63, 3.8) is 0 Å². The van der Waals surface area contributed by atoms with Crippen LogP contribution in [-0.4, -0.2) is 39.3 Å². The number of urea groups is 1. The van der Waals surface area contributed by atoms with Crippen LogP contribution in [0.2, 0.25) is 0 Å². The van der Waals surface area contributed by atoms with Crippen LogP contribution in [0.15, 0.2) is 29.2 Å². The molecular weight excluding hydrogens is 294 g/mol. The van der Waals surface area contributed by atoms with E-state index in [0.29, 0.717) is 18.2 Å². The van der Waals surface area contributed by atoms with E-state index in [-0.39, 0.29) is 24.1 Å². The highest BCUT2D eigenvalue weighted by atomic mass is 32.2. The van der Waals surface area contributed by atoms with Gasteiger partial charge < -0.3 is 15.7 Å². The Balaban J connectivity index is 2.64. The van der Waals surface area contributed by atoms with E-state index in [1.54, 1.807) is 0 Å². The molecule has 4 N–H and O–H groups in total. The van der Waals surface area contributed by atoms with Crippen LogP contribution in [-0.2, 0) is 10.0 Å². The lowest BCUT2D eigenvalue weighted by Gasteiger charge is -2.10. The summed E-state index contributed by atoms with van der Waals surface area (Å²) in [6.07, 6.45) is 0. The first-order valence-electron chi connectivity index (χ1n) is 6.60. The lowest BCUT2D eigenvalue weighted by atomic mass is 10.2. The maximum Gasteiger partial charge on any atom is 0.319 e. The molecule has 118 valence electrons. The fourth-order valence-electron chi connectivity index (χ4n) is 1.45. The Kier molecular flexibility index (Phi) is 6.60. The van der Waals surface area contributed by atoms with Crippen LogP contribution in [0.1, 0.15) is 13.8 Å². The minimum Gasteiger partial charge on any atom is -0.395 e. The van der Waals surface area contributed by atoms with Crippen LogP contribution >= 0.6 is 0 Å². The van der Waals surface area contributed by atoms with Gasteiger partial charge in [-0.3, -0.25) is 0 Å². The SMILES string of the molecule is CC(C)CNC(=O)Nc1ccc(S(=O)(=O)NCCO)cc1. The predicted molar refractivity (Wildman–Crippen MR) is 80.6 cm³/mol. The van der Waals surface area contributed by atoms with Gasteiger partial charge in [0.1, 0.15) is 0 Å². The van der Waals surface area contributed by atoms with E-state index >= 15 is 0 Å². The van der Waals surface area contributed by atoms with E-state index in [2.05, 4.69) is 15.4 Å². The van der Waals surface area contributed by atoms with Gasteiger partial charge in [-0.2, -0.15) is 0 Å². The normalized spacial score (nSPS) is 11.4. The van der Waals surface area contributed by atoms with Crippen molar-refractivity contribution < 1.29 is 18.3 Å². The minimum absolute atomic E-state index is 0.0417. The Morgan fingerprint density at radius 1 is 1.24 bits per heavy atom. The van der Waals surface area contributed by atoms with Crippen molar-refractivity contribution in [2.45, 2.75) is 18.7 Å².